The standard InChI is InChI=1S/C24H23ClF2IN9O2/c1-12-8-13(28)9-15(22(38)31-24(2,3)4)18(12)30-23(39)17-10-14(11-36-34-20(19(26)27)32-35-36)33-37(17)21-16(25)6-5-7-29-21/h5-10,19H,11H2,1-4H3,(H,30,39)(H,31,38). The van der Waals surface area contributed by atoms with Gasteiger partial charge >= 0.3 is 6.43 Å². The summed E-state index contributed by atoms with van der Waals surface area (Å²) in [5.74, 6) is -1.52. The fourth-order valence-corrected chi connectivity index (χ4v) is 4.57. The van der Waals surface area contributed by atoms with Crippen LogP contribution < -0.4 is 10.6 Å². The predicted octanol–water partition coefficient (Wildman–Crippen LogP) is 4.59. The van der Waals surface area contributed by atoms with Crippen LogP contribution >= 0.6 is 34.2 Å². The fraction of sp³-hybridized carbons (Fsp3) is 0.292. The molecular formula is C24H23ClF2IN9O2. The highest BCUT2D eigenvalue weighted by atomic mass is 127. The number of nitrogens with one attached hydrogen (secondary N) is 2. The van der Waals surface area contributed by atoms with Gasteiger partial charge in [-0.3, -0.25) is 9.59 Å². The van der Waals surface area contributed by atoms with Crippen LogP contribution in [0.4, 0.5) is 14.5 Å². The molecule has 4 aromatic rings. The number of halogens is 4. The molecule has 39 heavy (non-hydrogen) atoms. The fourth-order valence-electron chi connectivity index (χ4n) is 3.59. The highest BCUT2D eigenvalue weighted by Crippen LogP contribution is 2.27. The minimum absolute atomic E-state index is 0.0277. The van der Waals surface area contributed by atoms with E-state index < -0.39 is 23.7 Å². The van der Waals surface area contributed by atoms with Gasteiger partial charge < -0.3 is 10.6 Å². The molecule has 0 saturated carbocycles. The second-order valence-electron chi connectivity index (χ2n) is 9.52. The summed E-state index contributed by atoms with van der Waals surface area (Å²) in [6, 6.07) is 8.15. The molecule has 15 heteroatoms. The van der Waals surface area contributed by atoms with Crippen LogP contribution in [0.5, 0.6) is 0 Å². The van der Waals surface area contributed by atoms with Crippen molar-refractivity contribution < 1.29 is 18.4 Å². The third kappa shape index (κ3) is 6.73. The number of alkyl halides is 2. The van der Waals surface area contributed by atoms with E-state index in [4.69, 9.17) is 11.6 Å². The highest BCUT2D eigenvalue weighted by Gasteiger charge is 2.25. The van der Waals surface area contributed by atoms with E-state index in [0.29, 0.717) is 11.3 Å². The largest absolute Gasteiger partial charge is 0.347 e. The molecule has 2 amide bonds. The molecule has 4 rings (SSSR count). The molecule has 0 fully saturated rings. The lowest BCUT2D eigenvalue weighted by molar-refractivity contribution is 0.0920. The summed E-state index contributed by atoms with van der Waals surface area (Å²) in [5, 5.41) is 20.9. The molecule has 0 atom stereocenters. The lowest BCUT2D eigenvalue weighted by atomic mass is 10.0. The Balaban J connectivity index is 1.74. The minimum atomic E-state index is -2.88. The number of benzene rings is 1. The SMILES string of the molecule is Cc1cc(I)cc(C(=O)NC(C)(C)C)c1NC(=O)c1cc(Cn2nnc(C(F)F)n2)nn1-c1ncccc1Cl. The Bertz CT molecular complexity index is 1550. The maximum Gasteiger partial charge on any atom is 0.301 e. The van der Waals surface area contributed by atoms with Gasteiger partial charge in [-0.25, -0.2) is 18.4 Å². The van der Waals surface area contributed by atoms with Crippen LogP contribution in [0.15, 0.2) is 36.5 Å². The van der Waals surface area contributed by atoms with Crippen molar-refractivity contribution in [2.24, 2.45) is 0 Å². The Morgan fingerprint density at radius 1 is 1.15 bits per heavy atom. The van der Waals surface area contributed by atoms with Crippen LogP contribution in [0, 0.1) is 10.5 Å². The van der Waals surface area contributed by atoms with Crippen molar-refractivity contribution in [2.75, 3.05) is 5.32 Å². The van der Waals surface area contributed by atoms with Crippen molar-refractivity contribution in [1.82, 2.24) is 40.3 Å². The second kappa shape index (κ2) is 11.3. The first-order chi connectivity index (χ1) is 18.3. The van der Waals surface area contributed by atoms with Crippen LogP contribution in [-0.4, -0.2) is 52.3 Å². The summed E-state index contributed by atoms with van der Waals surface area (Å²) < 4.78 is 27.9. The third-order valence-corrected chi connectivity index (χ3v) is 6.09. The van der Waals surface area contributed by atoms with Gasteiger partial charge in [0.15, 0.2) is 5.82 Å². The number of aromatic nitrogens is 7. The zero-order chi connectivity index (χ0) is 28.5. The molecule has 0 aliphatic rings. The van der Waals surface area contributed by atoms with E-state index in [0.717, 1.165) is 8.37 Å². The van der Waals surface area contributed by atoms with Gasteiger partial charge in [-0.15, -0.1) is 10.2 Å². The Morgan fingerprint density at radius 3 is 2.54 bits per heavy atom. The van der Waals surface area contributed by atoms with Gasteiger partial charge in [0.1, 0.15) is 12.2 Å². The zero-order valence-corrected chi connectivity index (χ0v) is 24.1. The highest BCUT2D eigenvalue weighted by molar-refractivity contribution is 14.1. The van der Waals surface area contributed by atoms with E-state index in [2.05, 4.69) is 58.7 Å². The maximum absolute atomic E-state index is 13.6. The third-order valence-electron chi connectivity index (χ3n) is 5.17. The van der Waals surface area contributed by atoms with Crippen LogP contribution in [0.25, 0.3) is 5.82 Å². The van der Waals surface area contributed by atoms with Crippen LogP contribution in [-0.2, 0) is 6.54 Å². The van der Waals surface area contributed by atoms with Crippen LogP contribution in [0.3, 0.4) is 0 Å². The summed E-state index contributed by atoms with van der Waals surface area (Å²) >= 11 is 8.45. The number of rotatable bonds is 7. The number of hydrogen-bond donors (Lipinski definition) is 2. The summed E-state index contributed by atoms with van der Waals surface area (Å²) in [5.41, 5.74) is 1.06. The van der Waals surface area contributed by atoms with Crippen molar-refractivity contribution in [1.29, 1.82) is 0 Å². The number of tetrazole rings is 1. The van der Waals surface area contributed by atoms with E-state index in [1.54, 1.807) is 25.1 Å². The first-order valence-electron chi connectivity index (χ1n) is 11.5. The molecule has 3 heterocycles. The van der Waals surface area contributed by atoms with E-state index in [1.807, 2.05) is 26.8 Å². The number of hydrogen-bond acceptors (Lipinski definition) is 7. The lowest BCUT2D eigenvalue weighted by Gasteiger charge is -2.22. The quantitative estimate of drug-likeness (QED) is 0.275. The van der Waals surface area contributed by atoms with Crippen molar-refractivity contribution in [2.45, 2.75) is 46.2 Å². The predicted molar refractivity (Wildman–Crippen MR) is 147 cm³/mol. The summed E-state index contributed by atoms with van der Waals surface area (Å²) in [6.07, 6.45) is -1.40. The molecule has 3 aromatic heterocycles. The summed E-state index contributed by atoms with van der Waals surface area (Å²) in [7, 11) is 0. The first kappa shape index (κ1) is 28.5. The van der Waals surface area contributed by atoms with Gasteiger partial charge in [-0.1, -0.05) is 11.6 Å². The molecule has 204 valence electrons. The van der Waals surface area contributed by atoms with Gasteiger partial charge in [0.2, 0.25) is 5.82 Å². The number of anilines is 1. The maximum atomic E-state index is 13.6. The van der Waals surface area contributed by atoms with E-state index in [-0.39, 0.29) is 40.2 Å². The number of nitrogens with zero attached hydrogens (tertiary/aromatic N) is 7. The van der Waals surface area contributed by atoms with E-state index >= 15 is 0 Å². The van der Waals surface area contributed by atoms with Crippen molar-refractivity contribution >= 4 is 51.7 Å². The first-order valence-corrected chi connectivity index (χ1v) is 13.0. The zero-order valence-electron chi connectivity index (χ0n) is 21.2. The Hall–Kier alpha value is -3.53. The summed E-state index contributed by atoms with van der Waals surface area (Å²) in [4.78, 5) is 31.9. The number of carbonyl (C=O) groups is 2. The molecule has 11 nitrogen and oxygen atoms in total. The second-order valence-corrected chi connectivity index (χ2v) is 11.2. The number of carbonyl (C=O) groups excluding carboxylic acids is 2. The van der Waals surface area contributed by atoms with Gasteiger partial charge in [0, 0.05) is 15.3 Å². The van der Waals surface area contributed by atoms with E-state index in [9.17, 15) is 18.4 Å². The van der Waals surface area contributed by atoms with Gasteiger partial charge in [-0.05, 0) is 91.4 Å². The number of aryl methyl sites for hydroxylation is 1. The number of amides is 2. The Morgan fingerprint density at radius 2 is 1.90 bits per heavy atom. The molecule has 2 N–H and O–H groups in total. The normalized spacial score (nSPS) is 11.6. The lowest BCUT2D eigenvalue weighted by Crippen LogP contribution is -2.41. The minimum Gasteiger partial charge on any atom is -0.347 e. The molecular weight excluding hydrogens is 647 g/mol. The molecule has 0 aliphatic carbocycles. The van der Waals surface area contributed by atoms with Crippen LogP contribution in [0.2, 0.25) is 5.02 Å². The molecule has 0 radical (unpaired) electrons. The van der Waals surface area contributed by atoms with Crippen molar-refractivity contribution in [3.63, 3.8) is 0 Å². The van der Waals surface area contributed by atoms with Crippen molar-refractivity contribution in [3.8, 4) is 5.82 Å². The molecule has 0 saturated heterocycles. The smallest absolute Gasteiger partial charge is 0.301 e. The van der Waals surface area contributed by atoms with Gasteiger partial charge in [0.05, 0.1) is 22.0 Å². The molecule has 0 unspecified atom stereocenters. The summed E-state index contributed by atoms with van der Waals surface area (Å²) in [6.45, 7) is 7.19. The Labute approximate surface area is 240 Å². The van der Waals surface area contributed by atoms with Gasteiger partial charge in [0.25, 0.3) is 11.8 Å². The van der Waals surface area contributed by atoms with Crippen molar-refractivity contribution in [3.05, 3.63) is 73.5 Å². The van der Waals surface area contributed by atoms with Crippen LogP contribution in [0.1, 0.15) is 65.1 Å². The topological polar surface area (TPSA) is 133 Å². The van der Waals surface area contributed by atoms with E-state index in [1.165, 1.54) is 16.9 Å². The number of pyridine rings is 1. The average Bonchev–Trinajstić information content (AvgIpc) is 3.47. The molecule has 1 aromatic carbocycles. The Kier molecular flexibility index (Phi) is 8.25. The monoisotopic (exact) mass is 669 g/mol. The molecule has 0 aliphatic heterocycles. The molecule has 0 bridgehead atoms. The average molecular weight is 670 g/mol. The molecule has 0 spiro atoms. The van der Waals surface area contributed by atoms with Gasteiger partial charge in [-0.2, -0.15) is 9.90 Å².